The lowest BCUT2D eigenvalue weighted by Gasteiger charge is -2.19. The zero-order valence-corrected chi connectivity index (χ0v) is 20.3. The molecule has 0 bridgehead atoms. The van der Waals surface area contributed by atoms with Crippen LogP contribution in [0.1, 0.15) is 30.0 Å². The van der Waals surface area contributed by atoms with Gasteiger partial charge in [-0.05, 0) is 38.1 Å². The SMILES string of the molecule is COc1cc(OC)c(NC(=O)N(C)Cc2nc3cc(C(=O)NC(C)C)ccc3n2C)cc1Cl. The summed E-state index contributed by atoms with van der Waals surface area (Å²) in [5.41, 5.74) is 2.51. The Labute approximate surface area is 197 Å². The van der Waals surface area contributed by atoms with Crippen molar-refractivity contribution < 1.29 is 19.1 Å². The second kappa shape index (κ2) is 9.99. The molecule has 0 aliphatic heterocycles. The molecule has 0 aliphatic rings. The van der Waals surface area contributed by atoms with Gasteiger partial charge in [0.2, 0.25) is 0 Å². The number of hydrogen-bond donors (Lipinski definition) is 2. The van der Waals surface area contributed by atoms with Gasteiger partial charge in [-0.2, -0.15) is 0 Å². The lowest BCUT2D eigenvalue weighted by atomic mass is 10.2. The predicted octanol–water partition coefficient (Wildman–Crippen LogP) is 4.05. The van der Waals surface area contributed by atoms with E-state index in [2.05, 4.69) is 15.6 Å². The van der Waals surface area contributed by atoms with Gasteiger partial charge >= 0.3 is 6.03 Å². The van der Waals surface area contributed by atoms with Crippen molar-refractivity contribution in [3.8, 4) is 11.5 Å². The molecule has 0 aliphatic carbocycles. The molecule has 3 rings (SSSR count). The average molecular weight is 474 g/mol. The normalized spacial score (nSPS) is 10.9. The van der Waals surface area contributed by atoms with E-state index in [9.17, 15) is 9.59 Å². The Bertz CT molecular complexity index is 1190. The Morgan fingerprint density at radius 1 is 1.15 bits per heavy atom. The van der Waals surface area contributed by atoms with Crippen LogP contribution in [-0.4, -0.2) is 53.7 Å². The van der Waals surface area contributed by atoms with Gasteiger partial charge in [-0.15, -0.1) is 0 Å². The summed E-state index contributed by atoms with van der Waals surface area (Å²) in [7, 11) is 6.53. The van der Waals surface area contributed by atoms with Gasteiger partial charge in [-0.3, -0.25) is 4.79 Å². The molecule has 0 radical (unpaired) electrons. The van der Waals surface area contributed by atoms with Crippen LogP contribution in [-0.2, 0) is 13.6 Å². The van der Waals surface area contributed by atoms with Crippen molar-refractivity contribution in [3.05, 3.63) is 46.7 Å². The average Bonchev–Trinajstić information content (AvgIpc) is 3.08. The minimum atomic E-state index is -0.362. The number of carbonyl (C=O) groups is 2. The van der Waals surface area contributed by atoms with E-state index in [0.29, 0.717) is 39.1 Å². The summed E-state index contributed by atoms with van der Waals surface area (Å²) in [5.74, 6) is 1.39. The van der Waals surface area contributed by atoms with Gasteiger partial charge in [0.05, 0.1) is 42.5 Å². The maximum absolute atomic E-state index is 12.8. The highest BCUT2D eigenvalue weighted by atomic mass is 35.5. The fourth-order valence-electron chi connectivity index (χ4n) is 3.33. The number of aryl methyl sites for hydroxylation is 1. The van der Waals surface area contributed by atoms with E-state index in [1.54, 1.807) is 31.3 Å². The number of anilines is 1. The topological polar surface area (TPSA) is 97.7 Å². The molecule has 1 aromatic heterocycles. The van der Waals surface area contributed by atoms with Crippen LogP contribution in [0.4, 0.5) is 10.5 Å². The zero-order chi connectivity index (χ0) is 24.3. The van der Waals surface area contributed by atoms with Crippen molar-refractivity contribution in [1.29, 1.82) is 0 Å². The first-order valence-electron chi connectivity index (χ1n) is 10.3. The quantitative estimate of drug-likeness (QED) is 0.539. The van der Waals surface area contributed by atoms with E-state index < -0.39 is 0 Å². The number of ether oxygens (including phenoxy) is 2. The summed E-state index contributed by atoms with van der Waals surface area (Å²) in [6.07, 6.45) is 0. The fourth-order valence-corrected chi connectivity index (χ4v) is 3.57. The van der Waals surface area contributed by atoms with Crippen molar-refractivity contribution >= 4 is 40.3 Å². The number of amides is 3. The monoisotopic (exact) mass is 473 g/mol. The molecule has 0 atom stereocenters. The van der Waals surface area contributed by atoms with E-state index in [0.717, 1.165) is 5.52 Å². The molecule has 2 N–H and O–H groups in total. The Balaban J connectivity index is 1.78. The maximum atomic E-state index is 12.8. The second-order valence-electron chi connectivity index (χ2n) is 7.89. The predicted molar refractivity (Wildman–Crippen MR) is 128 cm³/mol. The molecule has 2 aromatic carbocycles. The molecular formula is C23H28ClN5O4. The molecule has 33 heavy (non-hydrogen) atoms. The highest BCUT2D eigenvalue weighted by molar-refractivity contribution is 6.32. The summed E-state index contributed by atoms with van der Waals surface area (Å²) in [6.45, 7) is 4.06. The standard InChI is InChI=1S/C23H28ClN5O4/c1-13(2)25-22(30)14-7-8-18-16(9-14)26-21(29(18)4)12-28(3)23(31)27-17-10-15(24)19(32-5)11-20(17)33-6/h7-11,13H,12H2,1-6H3,(H,25,30)(H,27,31). The van der Waals surface area contributed by atoms with Crippen molar-refractivity contribution in [1.82, 2.24) is 19.8 Å². The first-order valence-corrected chi connectivity index (χ1v) is 10.7. The van der Waals surface area contributed by atoms with Crippen LogP contribution < -0.4 is 20.1 Å². The van der Waals surface area contributed by atoms with E-state index >= 15 is 0 Å². The lowest BCUT2D eigenvalue weighted by Crippen LogP contribution is -2.31. The first-order chi connectivity index (χ1) is 15.6. The van der Waals surface area contributed by atoms with Crippen molar-refractivity contribution in [3.63, 3.8) is 0 Å². The molecule has 1 heterocycles. The number of nitrogens with zero attached hydrogens (tertiary/aromatic N) is 3. The third-order valence-electron chi connectivity index (χ3n) is 5.10. The fraction of sp³-hybridized carbons (Fsp3) is 0.348. The summed E-state index contributed by atoms with van der Waals surface area (Å²) >= 11 is 6.19. The number of methoxy groups -OCH3 is 2. The van der Waals surface area contributed by atoms with Crippen molar-refractivity contribution in [2.24, 2.45) is 7.05 Å². The number of urea groups is 1. The van der Waals surface area contributed by atoms with E-state index in [4.69, 9.17) is 21.1 Å². The van der Waals surface area contributed by atoms with Crippen molar-refractivity contribution in [2.75, 3.05) is 26.6 Å². The summed E-state index contributed by atoms with van der Waals surface area (Å²) < 4.78 is 12.4. The van der Waals surface area contributed by atoms with Crippen LogP contribution in [0.3, 0.4) is 0 Å². The molecule has 176 valence electrons. The Morgan fingerprint density at radius 3 is 2.48 bits per heavy atom. The number of nitrogens with one attached hydrogen (secondary N) is 2. The van der Waals surface area contributed by atoms with Gasteiger partial charge in [-0.1, -0.05) is 11.6 Å². The van der Waals surface area contributed by atoms with Crippen LogP contribution in [0, 0.1) is 0 Å². The van der Waals surface area contributed by atoms with Crippen LogP contribution in [0.15, 0.2) is 30.3 Å². The third-order valence-corrected chi connectivity index (χ3v) is 5.39. The van der Waals surface area contributed by atoms with Crippen molar-refractivity contribution in [2.45, 2.75) is 26.4 Å². The van der Waals surface area contributed by atoms with Crippen LogP contribution in [0.2, 0.25) is 5.02 Å². The summed E-state index contributed by atoms with van der Waals surface area (Å²) in [5, 5.41) is 6.03. The third kappa shape index (κ3) is 5.31. The highest BCUT2D eigenvalue weighted by Crippen LogP contribution is 2.36. The first kappa shape index (κ1) is 24.2. The zero-order valence-electron chi connectivity index (χ0n) is 19.5. The maximum Gasteiger partial charge on any atom is 0.322 e. The number of aromatic nitrogens is 2. The molecule has 10 heteroatoms. The summed E-state index contributed by atoms with van der Waals surface area (Å²) in [4.78, 5) is 31.3. The smallest absolute Gasteiger partial charge is 0.322 e. The minimum Gasteiger partial charge on any atom is -0.495 e. The second-order valence-corrected chi connectivity index (χ2v) is 8.30. The molecule has 3 amide bonds. The van der Waals surface area contributed by atoms with Gasteiger partial charge in [0, 0.05) is 31.8 Å². The molecule has 0 spiro atoms. The molecule has 9 nitrogen and oxygen atoms in total. The van der Waals surface area contributed by atoms with E-state index in [1.807, 2.05) is 31.5 Å². The van der Waals surface area contributed by atoms with Gasteiger partial charge in [-0.25, -0.2) is 9.78 Å². The summed E-state index contributed by atoms with van der Waals surface area (Å²) in [6, 6.07) is 8.23. The number of fused-ring (bicyclic) bond motifs is 1. The van der Waals surface area contributed by atoms with Gasteiger partial charge in [0.25, 0.3) is 5.91 Å². The highest BCUT2D eigenvalue weighted by Gasteiger charge is 2.18. The molecule has 0 fully saturated rings. The lowest BCUT2D eigenvalue weighted by molar-refractivity contribution is 0.0943. The molecule has 0 unspecified atom stereocenters. The van der Waals surface area contributed by atoms with Crippen LogP contribution >= 0.6 is 11.6 Å². The Hall–Kier alpha value is -3.46. The number of hydrogen-bond acceptors (Lipinski definition) is 5. The Kier molecular flexibility index (Phi) is 7.33. The van der Waals surface area contributed by atoms with E-state index in [-0.39, 0.29) is 24.5 Å². The number of rotatable bonds is 7. The van der Waals surface area contributed by atoms with Gasteiger partial charge in [0.1, 0.15) is 17.3 Å². The molecule has 0 saturated carbocycles. The minimum absolute atomic E-state index is 0.0406. The molecule has 0 saturated heterocycles. The molecular weight excluding hydrogens is 446 g/mol. The van der Waals surface area contributed by atoms with Crippen LogP contribution in [0.25, 0.3) is 11.0 Å². The number of carbonyl (C=O) groups excluding carboxylic acids is 2. The number of halogens is 1. The largest absolute Gasteiger partial charge is 0.495 e. The Morgan fingerprint density at radius 2 is 1.85 bits per heavy atom. The van der Waals surface area contributed by atoms with E-state index in [1.165, 1.54) is 19.1 Å². The van der Waals surface area contributed by atoms with Gasteiger partial charge < -0.3 is 29.6 Å². The van der Waals surface area contributed by atoms with Gasteiger partial charge in [0.15, 0.2) is 0 Å². The number of imidazole rings is 1. The van der Waals surface area contributed by atoms with Crippen LogP contribution in [0.5, 0.6) is 11.5 Å². The number of benzene rings is 2. The molecule has 3 aromatic rings.